The second-order valence-electron chi connectivity index (χ2n) is 8.46. The summed E-state index contributed by atoms with van der Waals surface area (Å²) in [6, 6.07) is 9.27. The number of amides is 1. The van der Waals surface area contributed by atoms with Gasteiger partial charge in [-0.1, -0.05) is 24.3 Å². The number of carbonyl (C=O) groups excluding carboxylic acids is 1. The molecule has 2 atom stereocenters. The van der Waals surface area contributed by atoms with Gasteiger partial charge in [-0.3, -0.25) is 9.69 Å². The highest BCUT2D eigenvalue weighted by molar-refractivity contribution is 5.79. The van der Waals surface area contributed by atoms with Crippen LogP contribution in [-0.4, -0.2) is 60.6 Å². The number of aryl methyl sites for hydroxylation is 1. The maximum atomic E-state index is 13.4. The largest absolute Gasteiger partial charge is 0.381 e. The summed E-state index contributed by atoms with van der Waals surface area (Å²) in [4.78, 5) is 18.0. The van der Waals surface area contributed by atoms with Gasteiger partial charge in [0, 0.05) is 51.5 Å². The van der Waals surface area contributed by atoms with Crippen LogP contribution in [0.3, 0.4) is 0 Å². The fraction of sp³-hybridized carbons (Fsp3) is 0.682. The Kier molecular flexibility index (Phi) is 6.11. The third kappa shape index (κ3) is 4.53. The first kappa shape index (κ1) is 18.9. The molecule has 1 aromatic rings. The van der Waals surface area contributed by atoms with Crippen LogP contribution >= 0.6 is 0 Å². The Hall–Kier alpha value is -1.43. The first-order chi connectivity index (χ1) is 13.2. The first-order valence-corrected chi connectivity index (χ1v) is 10.6. The standard InChI is InChI=1S/C22H33N3O2/c23-20-8-7-19(15-25(16-20)21-9-12-27-13-10-21)22(26)24-11-3-6-17-4-1-2-5-18(17)14-24/h1-2,4-5,19-21H,3,6-16,23H2/t19-,20+/m1/s1. The summed E-state index contributed by atoms with van der Waals surface area (Å²) >= 11 is 0. The number of fused-ring (bicyclic) bond motifs is 1. The monoisotopic (exact) mass is 371 g/mol. The topological polar surface area (TPSA) is 58.8 Å². The van der Waals surface area contributed by atoms with Crippen molar-refractivity contribution in [2.45, 2.75) is 57.2 Å². The van der Waals surface area contributed by atoms with E-state index in [0.29, 0.717) is 11.9 Å². The molecular formula is C22H33N3O2. The molecule has 5 heteroatoms. The Morgan fingerprint density at radius 3 is 2.63 bits per heavy atom. The van der Waals surface area contributed by atoms with Crippen LogP contribution in [0.25, 0.3) is 0 Å². The van der Waals surface area contributed by atoms with Crippen LogP contribution in [0.1, 0.15) is 43.2 Å². The first-order valence-electron chi connectivity index (χ1n) is 10.6. The lowest BCUT2D eigenvalue weighted by Gasteiger charge is -2.36. The van der Waals surface area contributed by atoms with E-state index in [2.05, 4.69) is 34.1 Å². The number of carbonyl (C=O) groups is 1. The van der Waals surface area contributed by atoms with E-state index in [4.69, 9.17) is 10.5 Å². The SMILES string of the molecule is N[C@H]1CC[C@@H](C(=O)N2CCCc3ccccc3C2)CN(C2CCOCC2)C1. The number of nitrogens with zero attached hydrogens (tertiary/aromatic N) is 2. The Morgan fingerprint density at radius 1 is 1.04 bits per heavy atom. The molecule has 3 heterocycles. The predicted molar refractivity (Wildman–Crippen MR) is 106 cm³/mol. The van der Waals surface area contributed by atoms with E-state index in [1.54, 1.807) is 0 Å². The molecule has 27 heavy (non-hydrogen) atoms. The van der Waals surface area contributed by atoms with E-state index >= 15 is 0 Å². The molecule has 0 unspecified atom stereocenters. The van der Waals surface area contributed by atoms with Gasteiger partial charge in [-0.15, -0.1) is 0 Å². The summed E-state index contributed by atoms with van der Waals surface area (Å²) in [6.45, 7) is 5.06. The lowest BCUT2D eigenvalue weighted by atomic mass is 9.99. The average molecular weight is 372 g/mol. The number of benzene rings is 1. The third-order valence-electron chi connectivity index (χ3n) is 6.53. The number of nitrogens with two attached hydrogens (primary N) is 1. The smallest absolute Gasteiger partial charge is 0.227 e. The van der Waals surface area contributed by atoms with Gasteiger partial charge in [-0.25, -0.2) is 0 Å². The van der Waals surface area contributed by atoms with E-state index in [-0.39, 0.29) is 12.0 Å². The van der Waals surface area contributed by atoms with Gasteiger partial charge in [0.25, 0.3) is 0 Å². The van der Waals surface area contributed by atoms with Gasteiger partial charge in [-0.05, 0) is 49.7 Å². The van der Waals surface area contributed by atoms with Crippen molar-refractivity contribution in [2.24, 2.45) is 11.7 Å². The van der Waals surface area contributed by atoms with Crippen molar-refractivity contribution in [3.63, 3.8) is 0 Å². The lowest BCUT2D eigenvalue weighted by molar-refractivity contribution is -0.137. The fourth-order valence-corrected chi connectivity index (χ4v) is 4.95. The molecule has 2 fully saturated rings. The average Bonchev–Trinajstić information content (AvgIpc) is 3.04. The molecule has 4 rings (SSSR count). The molecule has 0 radical (unpaired) electrons. The zero-order valence-corrected chi connectivity index (χ0v) is 16.3. The Labute approximate surface area is 162 Å². The van der Waals surface area contributed by atoms with E-state index < -0.39 is 0 Å². The number of hydrogen-bond donors (Lipinski definition) is 1. The van der Waals surface area contributed by atoms with Gasteiger partial charge >= 0.3 is 0 Å². The van der Waals surface area contributed by atoms with Crippen molar-refractivity contribution in [3.05, 3.63) is 35.4 Å². The van der Waals surface area contributed by atoms with Crippen molar-refractivity contribution in [2.75, 3.05) is 32.8 Å². The van der Waals surface area contributed by atoms with Gasteiger partial charge in [-0.2, -0.15) is 0 Å². The summed E-state index contributed by atoms with van der Waals surface area (Å²) in [7, 11) is 0. The van der Waals surface area contributed by atoms with Gasteiger partial charge in [0.05, 0.1) is 5.92 Å². The number of hydrogen-bond acceptors (Lipinski definition) is 4. The van der Waals surface area contributed by atoms with Gasteiger partial charge in [0.1, 0.15) is 0 Å². The Balaban J connectivity index is 1.46. The highest BCUT2D eigenvalue weighted by Gasteiger charge is 2.34. The summed E-state index contributed by atoms with van der Waals surface area (Å²) in [5, 5.41) is 0. The normalized spacial score (nSPS) is 28.3. The van der Waals surface area contributed by atoms with Crippen molar-refractivity contribution in [1.29, 1.82) is 0 Å². The molecule has 1 amide bonds. The van der Waals surface area contributed by atoms with E-state index in [9.17, 15) is 4.79 Å². The van der Waals surface area contributed by atoms with Gasteiger partial charge in [0.15, 0.2) is 0 Å². The van der Waals surface area contributed by atoms with Crippen LogP contribution in [-0.2, 0) is 22.5 Å². The van der Waals surface area contributed by atoms with E-state index in [1.165, 1.54) is 11.1 Å². The minimum absolute atomic E-state index is 0.0756. The predicted octanol–water partition coefficient (Wildman–Crippen LogP) is 2.18. The van der Waals surface area contributed by atoms with Crippen LogP contribution in [0, 0.1) is 5.92 Å². The number of likely N-dealkylation sites (tertiary alicyclic amines) is 1. The quantitative estimate of drug-likeness (QED) is 0.866. The summed E-state index contributed by atoms with van der Waals surface area (Å²) in [6.07, 6.45) is 6.11. The molecule has 0 aliphatic carbocycles. The van der Waals surface area contributed by atoms with E-state index in [0.717, 1.165) is 77.9 Å². The fourth-order valence-electron chi connectivity index (χ4n) is 4.95. The summed E-state index contributed by atoms with van der Waals surface area (Å²) in [5.41, 5.74) is 9.08. The number of rotatable bonds is 2. The highest BCUT2D eigenvalue weighted by atomic mass is 16.5. The minimum atomic E-state index is 0.0756. The van der Waals surface area contributed by atoms with Crippen LogP contribution < -0.4 is 5.73 Å². The van der Waals surface area contributed by atoms with Crippen LogP contribution in [0.5, 0.6) is 0 Å². The molecule has 0 bridgehead atoms. The Morgan fingerprint density at radius 2 is 1.81 bits per heavy atom. The molecule has 148 valence electrons. The maximum Gasteiger partial charge on any atom is 0.227 e. The highest BCUT2D eigenvalue weighted by Crippen LogP contribution is 2.26. The van der Waals surface area contributed by atoms with E-state index in [1.807, 2.05) is 0 Å². The number of ether oxygens (including phenoxy) is 1. The second-order valence-corrected chi connectivity index (χ2v) is 8.46. The molecular weight excluding hydrogens is 338 g/mol. The molecule has 5 nitrogen and oxygen atoms in total. The second kappa shape index (κ2) is 8.72. The molecule has 2 saturated heterocycles. The van der Waals surface area contributed by atoms with Gasteiger partial charge < -0.3 is 15.4 Å². The summed E-state index contributed by atoms with van der Waals surface area (Å²) in [5.74, 6) is 0.407. The third-order valence-corrected chi connectivity index (χ3v) is 6.53. The molecule has 0 spiro atoms. The van der Waals surface area contributed by atoms with Crippen LogP contribution in [0.15, 0.2) is 24.3 Å². The maximum absolute atomic E-state index is 13.4. The molecule has 3 aliphatic rings. The molecule has 0 aromatic heterocycles. The van der Waals surface area contributed by atoms with Crippen molar-refractivity contribution < 1.29 is 9.53 Å². The van der Waals surface area contributed by atoms with Crippen LogP contribution in [0.4, 0.5) is 0 Å². The van der Waals surface area contributed by atoms with Crippen molar-refractivity contribution in [3.8, 4) is 0 Å². The van der Waals surface area contributed by atoms with Crippen LogP contribution in [0.2, 0.25) is 0 Å². The molecule has 3 aliphatic heterocycles. The minimum Gasteiger partial charge on any atom is -0.381 e. The lowest BCUT2D eigenvalue weighted by Crippen LogP contribution is -2.47. The van der Waals surface area contributed by atoms with Gasteiger partial charge in [0.2, 0.25) is 5.91 Å². The molecule has 2 N–H and O–H groups in total. The molecule has 0 saturated carbocycles. The van der Waals surface area contributed by atoms with Crippen molar-refractivity contribution in [1.82, 2.24) is 9.80 Å². The zero-order valence-electron chi connectivity index (χ0n) is 16.3. The summed E-state index contributed by atoms with van der Waals surface area (Å²) < 4.78 is 5.53. The Bertz CT molecular complexity index is 644. The zero-order chi connectivity index (χ0) is 18.6. The molecule has 1 aromatic carbocycles. The van der Waals surface area contributed by atoms with Crippen molar-refractivity contribution >= 4 is 5.91 Å².